The third-order valence-corrected chi connectivity index (χ3v) is 5.54. The van der Waals surface area contributed by atoms with Crippen molar-refractivity contribution in [2.45, 2.75) is 37.2 Å². The average Bonchev–Trinajstić information content (AvgIpc) is 3.27. The summed E-state index contributed by atoms with van der Waals surface area (Å²) in [6, 6.07) is 4.20. The van der Waals surface area contributed by atoms with E-state index in [-0.39, 0.29) is 32.4 Å². The van der Waals surface area contributed by atoms with Gasteiger partial charge in [-0.05, 0) is 30.5 Å². The highest BCUT2D eigenvalue weighted by Gasteiger charge is 2.64. The number of amides is 1. The van der Waals surface area contributed by atoms with Crippen molar-refractivity contribution in [2.24, 2.45) is 7.05 Å². The molecule has 6 nitrogen and oxygen atoms in total. The van der Waals surface area contributed by atoms with Crippen LogP contribution in [-0.2, 0) is 19.1 Å². The van der Waals surface area contributed by atoms with Crippen molar-refractivity contribution in [3.05, 3.63) is 52.4 Å². The van der Waals surface area contributed by atoms with Gasteiger partial charge in [-0.25, -0.2) is 9.36 Å². The lowest BCUT2D eigenvalue weighted by atomic mass is 10.1. The molecule has 188 valence electrons. The van der Waals surface area contributed by atoms with Crippen LogP contribution in [0.15, 0.2) is 30.6 Å². The van der Waals surface area contributed by atoms with Gasteiger partial charge >= 0.3 is 18.3 Å². The maximum atomic E-state index is 13.9. The minimum atomic E-state index is -6.31. The highest BCUT2D eigenvalue weighted by atomic mass is 35.5. The topological polar surface area (TPSA) is 64.7 Å². The number of nitrogens with one attached hydrogen (secondary N) is 1. The number of alkyl halides is 8. The van der Waals surface area contributed by atoms with Gasteiger partial charge in [0.1, 0.15) is 5.56 Å². The number of carbonyl (C=O) groups is 1. The molecule has 0 atom stereocenters. The molecule has 1 fully saturated rings. The molecule has 0 unspecified atom stereocenters. The lowest BCUT2D eigenvalue weighted by Crippen LogP contribution is -2.36. The molecule has 0 spiro atoms. The van der Waals surface area contributed by atoms with Gasteiger partial charge in [0, 0.05) is 24.8 Å². The molecule has 1 N–H and O–H groups in total. The summed E-state index contributed by atoms with van der Waals surface area (Å²) in [5.41, 5.74) is -4.25. The number of nitrogens with zero attached hydrogens (tertiary/aromatic N) is 4. The van der Waals surface area contributed by atoms with Gasteiger partial charge in [-0.1, -0.05) is 17.7 Å². The predicted octanol–water partition coefficient (Wildman–Crippen LogP) is 5.49. The van der Waals surface area contributed by atoms with E-state index < -0.39 is 41.3 Å². The van der Waals surface area contributed by atoms with Gasteiger partial charge < -0.3 is 5.32 Å². The van der Waals surface area contributed by atoms with Crippen LogP contribution in [0.5, 0.6) is 0 Å². The molecule has 0 radical (unpaired) electrons. The molecule has 3 aromatic rings. The fourth-order valence-electron chi connectivity index (χ4n) is 3.35. The van der Waals surface area contributed by atoms with Gasteiger partial charge in [-0.15, -0.1) is 0 Å². The van der Waals surface area contributed by atoms with Crippen LogP contribution in [0.2, 0.25) is 5.02 Å². The summed E-state index contributed by atoms with van der Waals surface area (Å²) in [6.45, 7) is 0. The summed E-state index contributed by atoms with van der Waals surface area (Å²) in [7, 11) is 0.782. The van der Waals surface area contributed by atoms with E-state index in [0.717, 1.165) is 32.3 Å². The van der Waals surface area contributed by atoms with Crippen LogP contribution in [0, 0.1) is 0 Å². The molecule has 1 aliphatic rings. The Morgan fingerprint density at radius 1 is 1.09 bits per heavy atom. The molecular formula is C20H14ClF8N5O. The summed E-state index contributed by atoms with van der Waals surface area (Å²) in [5, 5.41) is 9.41. The molecule has 0 bridgehead atoms. The smallest absolute Gasteiger partial charge is 0.349 e. The molecule has 0 aliphatic heterocycles. The number of benzene rings is 1. The first kappa shape index (κ1) is 24.9. The van der Waals surface area contributed by atoms with Crippen LogP contribution in [0.3, 0.4) is 0 Å². The second kappa shape index (κ2) is 8.21. The second-order valence-corrected chi connectivity index (χ2v) is 8.26. The Morgan fingerprint density at radius 3 is 2.31 bits per heavy atom. The SMILES string of the molecule is Cn1nc(C(F)(F)C(F)(F)F)c(C(F)(F)F)c1-n1cc(-c2ccc(Cl)c(C(=O)NC3CC3)c2)cn1. The predicted molar refractivity (Wildman–Crippen MR) is 106 cm³/mol. The number of aromatic nitrogens is 4. The Labute approximate surface area is 196 Å². The van der Waals surface area contributed by atoms with Gasteiger partial charge in [0.05, 0.1) is 16.8 Å². The lowest BCUT2D eigenvalue weighted by Gasteiger charge is -2.19. The van der Waals surface area contributed by atoms with Crippen molar-refractivity contribution in [2.75, 3.05) is 0 Å². The van der Waals surface area contributed by atoms with Crippen LogP contribution in [-0.4, -0.2) is 37.7 Å². The van der Waals surface area contributed by atoms with Gasteiger partial charge in [-0.3, -0.25) is 4.79 Å². The minimum absolute atomic E-state index is 0.0274. The highest BCUT2D eigenvalue weighted by molar-refractivity contribution is 6.34. The fourth-order valence-corrected chi connectivity index (χ4v) is 3.55. The molecule has 1 amide bonds. The number of hydrogen-bond acceptors (Lipinski definition) is 3. The van der Waals surface area contributed by atoms with E-state index in [1.54, 1.807) is 0 Å². The zero-order chi connectivity index (χ0) is 25.9. The van der Waals surface area contributed by atoms with Crippen LogP contribution in [0.25, 0.3) is 16.9 Å². The van der Waals surface area contributed by atoms with Gasteiger partial charge in [0.15, 0.2) is 11.5 Å². The molecule has 4 rings (SSSR count). The van der Waals surface area contributed by atoms with Crippen molar-refractivity contribution in [3.63, 3.8) is 0 Å². The summed E-state index contributed by atoms with van der Waals surface area (Å²) in [6.07, 6.45) is -8.26. The van der Waals surface area contributed by atoms with Crippen LogP contribution in [0.1, 0.15) is 34.5 Å². The van der Waals surface area contributed by atoms with Gasteiger partial charge in [-0.2, -0.15) is 45.3 Å². The fraction of sp³-hybridized carbons (Fsp3) is 0.350. The molecule has 0 saturated heterocycles. The summed E-state index contributed by atoms with van der Waals surface area (Å²) in [5.74, 6) is -7.48. The molecule has 2 heterocycles. The molecule has 15 heteroatoms. The highest BCUT2D eigenvalue weighted by Crippen LogP contribution is 2.49. The molecule has 2 aromatic heterocycles. The number of carbonyl (C=O) groups excluding carboxylic acids is 1. The van der Waals surface area contributed by atoms with Crippen molar-refractivity contribution >= 4 is 17.5 Å². The van der Waals surface area contributed by atoms with Crippen LogP contribution >= 0.6 is 11.6 Å². The second-order valence-electron chi connectivity index (χ2n) is 7.86. The molecule has 35 heavy (non-hydrogen) atoms. The number of rotatable bonds is 5. The summed E-state index contributed by atoms with van der Waals surface area (Å²) >= 11 is 6.08. The van der Waals surface area contributed by atoms with Crippen molar-refractivity contribution < 1.29 is 39.9 Å². The third kappa shape index (κ3) is 4.58. The first-order chi connectivity index (χ1) is 16.1. The van der Waals surface area contributed by atoms with E-state index in [1.165, 1.54) is 18.2 Å². The third-order valence-electron chi connectivity index (χ3n) is 5.21. The van der Waals surface area contributed by atoms with Crippen molar-refractivity contribution in [3.8, 4) is 16.9 Å². The number of hydrogen-bond donors (Lipinski definition) is 1. The Morgan fingerprint density at radius 2 is 1.74 bits per heavy atom. The quantitative estimate of drug-likeness (QED) is 0.446. The maximum absolute atomic E-state index is 13.9. The van der Waals surface area contributed by atoms with E-state index in [4.69, 9.17) is 11.6 Å². The normalized spacial score (nSPS) is 14.9. The van der Waals surface area contributed by atoms with Gasteiger partial charge in [0.25, 0.3) is 5.91 Å². The average molecular weight is 528 g/mol. The van der Waals surface area contributed by atoms with E-state index in [9.17, 15) is 39.9 Å². The zero-order valence-corrected chi connectivity index (χ0v) is 18.2. The first-order valence-electron chi connectivity index (χ1n) is 9.86. The standard InChI is InChI=1S/C20H14ClF8N5O/c1-33-17(14(19(24,25)26)15(32-33)18(22,23)20(27,28)29)34-8-10(7-30-34)9-2-5-13(21)12(6-9)16(35)31-11-3-4-11/h2,5-8,11H,3-4H2,1H3,(H,31,35). The summed E-state index contributed by atoms with van der Waals surface area (Å²) in [4.78, 5) is 12.4. The monoisotopic (exact) mass is 527 g/mol. The van der Waals surface area contributed by atoms with Gasteiger partial charge in [0.2, 0.25) is 0 Å². The Kier molecular flexibility index (Phi) is 5.85. The lowest BCUT2D eigenvalue weighted by molar-refractivity contribution is -0.292. The Balaban J connectivity index is 1.79. The molecule has 1 aromatic carbocycles. The Hall–Kier alpha value is -3.16. The Bertz CT molecular complexity index is 1290. The van der Waals surface area contributed by atoms with Crippen LogP contribution < -0.4 is 5.32 Å². The van der Waals surface area contributed by atoms with E-state index in [1.807, 2.05) is 0 Å². The van der Waals surface area contributed by atoms with Crippen molar-refractivity contribution in [1.29, 1.82) is 0 Å². The first-order valence-corrected chi connectivity index (χ1v) is 10.2. The van der Waals surface area contributed by atoms with E-state index in [0.29, 0.717) is 4.68 Å². The largest absolute Gasteiger partial charge is 0.459 e. The molecule has 1 aliphatic carbocycles. The van der Waals surface area contributed by atoms with E-state index in [2.05, 4.69) is 15.5 Å². The van der Waals surface area contributed by atoms with E-state index >= 15 is 0 Å². The zero-order valence-electron chi connectivity index (χ0n) is 17.5. The molecule has 1 saturated carbocycles. The van der Waals surface area contributed by atoms with Crippen LogP contribution in [0.4, 0.5) is 35.1 Å². The summed E-state index contributed by atoms with van der Waals surface area (Å²) < 4.78 is 108. The number of halogens is 9. The van der Waals surface area contributed by atoms with Crippen molar-refractivity contribution in [1.82, 2.24) is 24.9 Å². The number of aryl methyl sites for hydroxylation is 1. The molecular weight excluding hydrogens is 514 g/mol. The minimum Gasteiger partial charge on any atom is -0.349 e. The maximum Gasteiger partial charge on any atom is 0.459 e.